The molecule has 1 aromatic heterocycles. The summed E-state index contributed by atoms with van der Waals surface area (Å²) in [6.07, 6.45) is 4.96. The van der Waals surface area contributed by atoms with E-state index >= 15 is 0 Å². The molecule has 0 unspecified atom stereocenters. The maximum atomic E-state index is 2.56. The zero-order chi connectivity index (χ0) is 24.0. The lowest BCUT2D eigenvalue weighted by atomic mass is 9.31. The summed E-state index contributed by atoms with van der Waals surface area (Å²) in [7, 11) is 0. The molecule has 3 heteroatoms. The summed E-state index contributed by atoms with van der Waals surface area (Å²) in [6, 6.07) is 32.4. The van der Waals surface area contributed by atoms with Gasteiger partial charge in [0, 0.05) is 32.0 Å². The van der Waals surface area contributed by atoms with Crippen molar-refractivity contribution >= 4 is 45.8 Å². The molecule has 1 nitrogen and oxygen atoms in total. The Bertz CT molecular complexity index is 1710. The Morgan fingerprint density at radius 2 is 1.56 bits per heavy atom. The molecular weight excluding hydrogens is 453 g/mol. The standard InChI is InChI=1S/C33H28BNS/c1-33(2)24-12-5-6-14-26(24)34-27-19-18-21(20-31(27)36-30-17-9-13-25(33)32(30)34)35-28-15-7-3-10-22(28)23-11-4-8-16-29(23)35/h3,5-7,9-10,12-15,17-20H,4,8,11,16H2,1-2H3. The van der Waals surface area contributed by atoms with Gasteiger partial charge in [-0.15, -0.1) is 0 Å². The molecule has 174 valence electrons. The van der Waals surface area contributed by atoms with Crippen molar-refractivity contribution in [3.63, 3.8) is 0 Å². The van der Waals surface area contributed by atoms with Gasteiger partial charge in [-0.05, 0) is 66.6 Å². The van der Waals surface area contributed by atoms with Crippen molar-refractivity contribution in [2.45, 2.75) is 54.7 Å². The highest BCUT2D eigenvalue weighted by atomic mass is 32.2. The fraction of sp³-hybridized carbons (Fsp3) is 0.212. The topological polar surface area (TPSA) is 4.93 Å². The highest BCUT2D eigenvalue weighted by molar-refractivity contribution is 8.00. The van der Waals surface area contributed by atoms with Crippen molar-refractivity contribution in [1.82, 2.24) is 4.57 Å². The van der Waals surface area contributed by atoms with Crippen LogP contribution in [0.1, 0.15) is 49.1 Å². The first-order chi connectivity index (χ1) is 17.6. The number of fused-ring (bicyclic) bond motifs is 7. The SMILES string of the molecule is CC1(C)c2ccccc2B2c3ccc(-n4c5c(c6ccccc64)CCCC5)cc3Sc3cccc1c32. The molecule has 0 atom stereocenters. The molecule has 8 rings (SSSR count). The highest BCUT2D eigenvalue weighted by Crippen LogP contribution is 2.41. The third-order valence-corrected chi connectivity index (χ3v) is 10.1. The van der Waals surface area contributed by atoms with Crippen LogP contribution < -0.4 is 16.4 Å². The van der Waals surface area contributed by atoms with E-state index in [9.17, 15) is 0 Å². The van der Waals surface area contributed by atoms with Crippen LogP contribution in [0, 0.1) is 0 Å². The molecule has 5 aromatic rings. The van der Waals surface area contributed by atoms with E-state index in [0.717, 1.165) is 0 Å². The van der Waals surface area contributed by atoms with Gasteiger partial charge in [-0.2, -0.15) is 0 Å². The molecule has 0 bridgehead atoms. The first-order valence-electron chi connectivity index (χ1n) is 13.3. The Balaban J connectivity index is 1.36. The first-order valence-corrected chi connectivity index (χ1v) is 14.1. The van der Waals surface area contributed by atoms with E-state index in [1.165, 1.54) is 85.3 Å². The van der Waals surface area contributed by atoms with Crippen molar-refractivity contribution in [2.75, 3.05) is 0 Å². The number of hydrogen-bond donors (Lipinski definition) is 0. The molecule has 0 amide bonds. The molecule has 0 N–H and O–H groups in total. The molecule has 3 heterocycles. The van der Waals surface area contributed by atoms with Crippen LogP contribution in [-0.2, 0) is 18.3 Å². The van der Waals surface area contributed by atoms with Crippen LogP contribution in [0.15, 0.2) is 94.7 Å². The Labute approximate surface area is 217 Å². The van der Waals surface area contributed by atoms with Crippen LogP contribution in [0.25, 0.3) is 16.6 Å². The number of aryl methyl sites for hydroxylation is 1. The summed E-state index contributed by atoms with van der Waals surface area (Å²) < 4.78 is 2.56. The second-order valence-electron chi connectivity index (χ2n) is 11.2. The summed E-state index contributed by atoms with van der Waals surface area (Å²) in [6.45, 7) is 5.09. The monoisotopic (exact) mass is 481 g/mol. The summed E-state index contributed by atoms with van der Waals surface area (Å²) >= 11 is 1.97. The summed E-state index contributed by atoms with van der Waals surface area (Å²) in [4.78, 5) is 2.82. The van der Waals surface area contributed by atoms with Gasteiger partial charge in [0.05, 0.1) is 5.52 Å². The van der Waals surface area contributed by atoms with E-state index in [2.05, 4.69) is 103 Å². The minimum absolute atomic E-state index is 0.0135. The lowest BCUT2D eigenvalue weighted by molar-refractivity contribution is 0.644. The van der Waals surface area contributed by atoms with Crippen LogP contribution in [-0.4, -0.2) is 11.3 Å². The number of rotatable bonds is 1. The van der Waals surface area contributed by atoms with Gasteiger partial charge >= 0.3 is 0 Å². The molecule has 0 saturated carbocycles. The van der Waals surface area contributed by atoms with Crippen LogP contribution in [0.4, 0.5) is 0 Å². The molecule has 0 radical (unpaired) electrons. The van der Waals surface area contributed by atoms with Crippen molar-refractivity contribution in [1.29, 1.82) is 0 Å². The van der Waals surface area contributed by atoms with E-state index in [-0.39, 0.29) is 5.41 Å². The minimum Gasteiger partial charge on any atom is -0.313 e. The normalized spacial score (nSPS) is 16.8. The van der Waals surface area contributed by atoms with E-state index in [1.807, 2.05) is 11.8 Å². The van der Waals surface area contributed by atoms with E-state index in [0.29, 0.717) is 6.71 Å². The predicted molar refractivity (Wildman–Crippen MR) is 154 cm³/mol. The average Bonchev–Trinajstić information content (AvgIpc) is 3.25. The van der Waals surface area contributed by atoms with Crippen LogP contribution in [0.2, 0.25) is 0 Å². The van der Waals surface area contributed by atoms with Crippen molar-refractivity contribution in [3.8, 4) is 5.69 Å². The minimum atomic E-state index is 0.0135. The third-order valence-electron chi connectivity index (χ3n) is 8.94. The van der Waals surface area contributed by atoms with E-state index in [1.54, 1.807) is 5.56 Å². The van der Waals surface area contributed by atoms with Gasteiger partial charge in [0.2, 0.25) is 6.71 Å². The zero-order valence-corrected chi connectivity index (χ0v) is 21.7. The second kappa shape index (κ2) is 7.43. The van der Waals surface area contributed by atoms with Crippen LogP contribution in [0.5, 0.6) is 0 Å². The van der Waals surface area contributed by atoms with Gasteiger partial charge in [-0.25, -0.2) is 0 Å². The van der Waals surface area contributed by atoms with Gasteiger partial charge in [0.1, 0.15) is 0 Å². The number of benzene rings is 4. The molecule has 36 heavy (non-hydrogen) atoms. The first kappa shape index (κ1) is 21.0. The molecule has 0 fully saturated rings. The number of para-hydroxylation sites is 1. The number of aromatic nitrogens is 1. The number of nitrogens with zero attached hydrogens (tertiary/aromatic N) is 1. The lowest BCUT2D eigenvalue weighted by Gasteiger charge is -2.41. The van der Waals surface area contributed by atoms with Gasteiger partial charge < -0.3 is 4.57 Å². The van der Waals surface area contributed by atoms with Crippen molar-refractivity contribution < 1.29 is 0 Å². The van der Waals surface area contributed by atoms with Gasteiger partial charge in [-0.3, -0.25) is 0 Å². The Hall–Kier alpha value is -3.17. The van der Waals surface area contributed by atoms with Gasteiger partial charge in [0.25, 0.3) is 0 Å². The largest absolute Gasteiger partial charge is 0.313 e. The summed E-state index contributed by atoms with van der Waals surface area (Å²) in [5, 5.41) is 1.44. The second-order valence-corrected chi connectivity index (χ2v) is 12.3. The maximum absolute atomic E-state index is 2.56. The molecule has 1 aliphatic carbocycles. The Morgan fingerprint density at radius 3 is 2.50 bits per heavy atom. The predicted octanol–water partition coefficient (Wildman–Crippen LogP) is 6.13. The van der Waals surface area contributed by atoms with Crippen molar-refractivity contribution in [3.05, 3.63) is 107 Å². The van der Waals surface area contributed by atoms with E-state index in [4.69, 9.17) is 0 Å². The quantitative estimate of drug-likeness (QED) is 0.256. The lowest BCUT2D eigenvalue weighted by Crippen LogP contribution is -2.62. The van der Waals surface area contributed by atoms with Gasteiger partial charge in [-0.1, -0.05) is 103 Å². The molecule has 4 aromatic carbocycles. The van der Waals surface area contributed by atoms with Gasteiger partial charge in [0.15, 0.2) is 0 Å². The average molecular weight is 481 g/mol. The molecule has 3 aliphatic rings. The molecule has 2 aliphatic heterocycles. The highest BCUT2D eigenvalue weighted by Gasteiger charge is 2.43. The smallest absolute Gasteiger partial charge is 0.244 e. The molecular formula is C33H28BNS. The van der Waals surface area contributed by atoms with Crippen LogP contribution in [0.3, 0.4) is 0 Å². The fourth-order valence-corrected chi connectivity index (χ4v) is 8.52. The van der Waals surface area contributed by atoms with Crippen LogP contribution >= 0.6 is 11.8 Å². The maximum Gasteiger partial charge on any atom is 0.244 e. The summed E-state index contributed by atoms with van der Waals surface area (Å²) in [5.74, 6) is 0. The Kier molecular flexibility index (Phi) is 4.33. The molecule has 0 saturated heterocycles. The zero-order valence-electron chi connectivity index (χ0n) is 20.8. The van der Waals surface area contributed by atoms with Crippen molar-refractivity contribution in [2.24, 2.45) is 0 Å². The fourth-order valence-electron chi connectivity index (χ4n) is 7.32. The summed E-state index contributed by atoms with van der Waals surface area (Å²) in [5.41, 5.74) is 13.2. The Morgan fingerprint density at radius 1 is 0.750 bits per heavy atom. The number of hydrogen-bond acceptors (Lipinski definition) is 1. The third kappa shape index (κ3) is 2.70. The molecule has 0 spiro atoms. The van der Waals surface area contributed by atoms with E-state index < -0.39 is 0 Å².